The van der Waals surface area contributed by atoms with Crippen LogP contribution < -0.4 is 5.32 Å². The van der Waals surface area contributed by atoms with Gasteiger partial charge in [-0.25, -0.2) is 10.1 Å². The zero-order valence-corrected chi connectivity index (χ0v) is 13.7. The molecule has 0 bridgehead atoms. The standard InChI is InChI=1S/C15H17N3O.HI/c1-19-18-9-8-16-15(18)17-11-12-6-7-13-4-2-3-5-14(13)10-12;/h2-7,10H,8-9,11H2,1H3,(H,16,17);1H. The summed E-state index contributed by atoms with van der Waals surface area (Å²) in [5.74, 6) is 0.815. The van der Waals surface area contributed by atoms with Crippen molar-refractivity contribution in [3.05, 3.63) is 48.0 Å². The van der Waals surface area contributed by atoms with E-state index in [1.165, 1.54) is 16.3 Å². The van der Waals surface area contributed by atoms with Crippen LogP contribution in [0, 0.1) is 0 Å². The average molecular weight is 383 g/mol. The fourth-order valence-electron chi connectivity index (χ4n) is 2.28. The first kappa shape index (κ1) is 15.1. The number of guanidine groups is 1. The van der Waals surface area contributed by atoms with Gasteiger partial charge in [-0.3, -0.25) is 4.84 Å². The van der Waals surface area contributed by atoms with E-state index in [1.54, 1.807) is 12.2 Å². The molecule has 0 spiro atoms. The highest BCUT2D eigenvalue weighted by atomic mass is 127. The van der Waals surface area contributed by atoms with Crippen molar-refractivity contribution in [2.45, 2.75) is 6.54 Å². The van der Waals surface area contributed by atoms with Gasteiger partial charge in [0.25, 0.3) is 0 Å². The van der Waals surface area contributed by atoms with Crippen LogP contribution in [-0.2, 0) is 11.4 Å². The highest BCUT2D eigenvalue weighted by molar-refractivity contribution is 14.0. The van der Waals surface area contributed by atoms with E-state index in [2.05, 4.69) is 52.8 Å². The van der Waals surface area contributed by atoms with Crippen LogP contribution in [0.15, 0.2) is 47.5 Å². The number of rotatable bonds is 3. The Hall–Kier alpha value is -1.34. The van der Waals surface area contributed by atoms with Gasteiger partial charge in [-0.1, -0.05) is 36.4 Å². The molecule has 20 heavy (non-hydrogen) atoms. The molecule has 1 aliphatic heterocycles. The Morgan fingerprint density at radius 2 is 2.00 bits per heavy atom. The van der Waals surface area contributed by atoms with E-state index in [-0.39, 0.29) is 24.0 Å². The van der Waals surface area contributed by atoms with Gasteiger partial charge >= 0.3 is 0 Å². The van der Waals surface area contributed by atoms with Crippen LogP contribution in [0.1, 0.15) is 5.56 Å². The first-order valence-corrected chi connectivity index (χ1v) is 6.44. The van der Waals surface area contributed by atoms with Crippen molar-refractivity contribution in [2.24, 2.45) is 4.99 Å². The summed E-state index contributed by atoms with van der Waals surface area (Å²) < 4.78 is 0. The Bertz CT molecular complexity index is 615. The van der Waals surface area contributed by atoms with Crippen LogP contribution in [0.3, 0.4) is 0 Å². The molecule has 0 unspecified atom stereocenters. The maximum absolute atomic E-state index is 5.22. The molecule has 0 amide bonds. The van der Waals surface area contributed by atoms with Crippen LogP contribution in [0.25, 0.3) is 10.8 Å². The van der Waals surface area contributed by atoms with Crippen LogP contribution in [-0.4, -0.2) is 31.2 Å². The highest BCUT2D eigenvalue weighted by Crippen LogP contribution is 2.15. The zero-order chi connectivity index (χ0) is 13.1. The quantitative estimate of drug-likeness (QED) is 0.829. The molecule has 2 aromatic rings. The molecule has 0 fully saturated rings. The van der Waals surface area contributed by atoms with Crippen LogP contribution in [0.5, 0.6) is 0 Å². The van der Waals surface area contributed by atoms with E-state index < -0.39 is 0 Å². The fourth-order valence-corrected chi connectivity index (χ4v) is 2.28. The van der Waals surface area contributed by atoms with Crippen LogP contribution in [0.2, 0.25) is 0 Å². The molecular weight excluding hydrogens is 365 g/mol. The Labute approximate surface area is 135 Å². The van der Waals surface area contributed by atoms with Gasteiger partial charge in [-0.2, -0.15) is 0 Å². The molecule has 0 saturated carbocycles. The second kappa shape index (κ2) is 6.90. The lowest BCUT2D eigenvalue weighted by Crippen LogP contribution is -2.37. The largest absolute Gasteiger partial charge is 0.350 e. The summed E-state index contributed by atoms with van der Waals surface area (Å²) >= 11 is 0. The predicted molar refractivity (Wildman–Crippen MR) is 92.2 cm³/mol. The number of benzene rings is 2. The van der Waals surface area contributed by atoms with Crippen molar-refractivity contribution in [2.75, 3.05) is 20.2 Å². The second-order valence-electron chi connectivity index (χ2n) is 4.53. The Kier molecular flexibility index (Phi) is 5.19. The summed E-state index contributed by atoms with van der Waals surface area (Å²) in [4.78, 5) is 9.59. The lowest BCUT2D eigenvalue weighted by Gasteiger charge is -2.17. The smallest absolute Gasteiger partial charge is 0.218 e. The molecule has 1 aliphatic rings. The monoisotopic (exact) mass is 383 g/mol. The predicted octanol–water partition coefficient (Wildman–Crippen LogP) is 2.78. The zero-order valence-electron chi connectivity index (χ0n) is 11.4. The number of nitrogens with one attached hydrogen (secondary N) is 1. The Morgan fingerprint density at radius 1 is 1.20 bits per heavy atom. The van der Waals surface area contributed by atoms with Crippen LogP contribution >= 0.6 is 24.0 Å². The number of fused-ring (bicyclic) bond motifs is 1. The van der Waals surface area contributed by atoms with E-state index in [4.69, 9.17) is 4.84 Å². The molecule has 0 radical (unpaired) electrons. The number of aliphatic imine (C=N–C) groups is 1. The number of hydrogen-bond acceptors (Lipinski definition) is 4. The minimum atomic E-state index is 0. The fraction of sp³-hybridized carbons (Fsp3) is 0.267. The number of nitrogens with zero attached hydrogens (tertiary/aromatic N) is 2. The maximum atomic E-state index is 5.22. The first-order valence-electron chi connectivity index (χ1n) is 6.44. The molecule has 0 aromatic heterocycles. The molecule has 106 valence electrons. The number of hydroxylamine groups is 2. The second-order valence-corrected chi connectivity index (χ2v) is 4.53. The SMILES string of the molecule is CON1CCN=C1NCc1ccc2ccccc2c1.I. The van der Waals surface area contributed by atoms with Gasteiger partial charge in [-0.15, -0.1) is 24.0 Å². The number of hydrogen-bond donors (Lipinski definition) is 1. The summed E-state index contributed by atoms with van der Waals surface area (Å²) in [6, 6.07) is 14.9. The minimum absolute atomic E-state index is 0. The van der Waals surface area contributed by atoms with Gasteiger partial charge in [0.15, 0.2) is 0 Å². The molecule has 0 atom stereocenters. The van der Waals surface area contributed by atoms with Gasteiger partial charge < -0.3 is 5.32 Å². The molecule has 4 nitrogen and oxygen atoms in total. The summed E-state index contributed by atoms with van der Waals surface area (Å²) in [7, 11) is 1.67. The highest BCUT2D eigenvalue weighted by Gasteiger charge is 2.15. The van der Waals surface area contributed by atoms with Gasteiger partial charge in [0.2, 0.25) is 5.96 Å². The lowest BCUT2D eigenvalue weighted by molar-refractivity contribution is -0.0582. The average Bonchev–Trinajstić information content (AvgIpc) is 2.92. The third-order valence-corrected chi connectivity index (χ3v) is 3.29. The third-order valence-electron chi connectivity index (χ3n) is 3.29. The van der Waals surface area contributed by atoms with Crippen molar-refractivity contribution in [3.8, 4) is 0 Å². The maximum Gasteiger partial charge on any atom is 0.218 e. The molecule has 1 N–H and O–H groups in total. The van der Waals surface area contributed by atoms with Crippen molar-refractivity contribution < 1.29 is 4.84 Å². The number of halogens is 1. The summed E-state index contributed by atoms with van der Waals surface area (Å²) in [6.45, 7) is 2.36. The van der Waals surface area contributed by atoms with Gasteiger partial charge in [-0.05, 0) is 22.4 Å². The van der Waals surface area contributed by atoms with Crippen molar-refractivity contribution in [1.82, 2.24) is 10.4 Å². The lowest BCUT2D eigenvalue weighted by atomic mass is 10.1. The molecule has 3 rings (SSSR count). The first-order chi connectivity index (χ1) is 9.36. The van der Waals surface area contributed by atoms with Gasteiger partial charge in [0.1, 0.15) is 0 Å². The molecule has 0 aliphatic carbocycles. The van der Waals surface area contributed by atoms with Crippen LogP contribution in [0.4, 0.5) is 0 Å². The topological polar surface area (TPSA) is 36.9 Å². The Balaban J connectivity index is 0.00000147. The third kappa shape index (κ3) is 3.21. The summed E-state index contributed by atoms with van der Waals surface area (Å²) in [6.07, 6.45) is 0. The summed E-state index contributed by atoms with van der Waals surface area (Å²) in [5.41, 5.74) is 1.24. The normalized spacial score (nSPS) is 14.1. The molecular formula is C15H18IN3O. The van der Waals surface area contributed by atoms with Crippen molar-refractivity contribution in [1.29, 1.82) is 0 Å². The molecule has 1 heterocycles. The molecule has 2 aromatic carbocycles. The van der Waals surface area contributed by atoms with E-state index in [0.717, 1.165) is 25.6 Å². The van der Waals surface area contributed by atoms with Gasteiger partial charge in [0, 0.05) is 6.54 Å². The Morgan fingerprint density at radius 3 is 2.80 bits per heavy atom. The summed E-state index contributed by atoms with van der Waals surface area (Å²) in [5, 5.41) is 7.62. The van der Waals surface area contributed by atoms with E-state index in [1.807, 2.05) is 0 Å². The van der Waals surface area contributed by atoms with Crippen molar-refractivity contribution >= 4 is 40.7 Å². The van der Waals surface area contributed by atoms with E-state index in [9.17, 15) is 0 Å². The van der Waals surface area contributed by atoms with Crippen molar-refractivity contribution in [3.63, 3.8) is 0 Å². The minimum Gasteiger partial charge on any atom is -0.350 e. The van der Waals surface area contributed by atoms with E-state index >= 15 is 0 Å². The molecule has 0 saturated heterocycles. The van der Waals surface area contributed by atoms with Gasteiger partial charge in [0.05, 0.1) is 20.2 Å². The molecule has 5 heteroatoms. The van der Waals surface area contributed by atoms with E-state index in [0.29, 0.717) is 0 Å².